The fourth-order valence-corrected chi connectivity index (χ4v) is 1.69. The summed E-state index contributed by atoms with van der Waals surface area (Å²) in [6, 6.07) is 0. The number of nitrogens with zero attached hydrogens (tertiary/aromatic N) is 5. The molecule has 7 nitrogen and oxygen atoms in total. The van der Waals surface area contributed by atoms with Crippen LogP contribution >= 0.6 is 11.6 Å². The Morgan fingerprint density at radius 3 is 3.06 bits per heavy atom. The van der Waals surface area contributed by atoms with Gasteiger partial charge in [0.1, 0.15) is 5.02 Å². The zero-order valence-electron chi connectivity index (χ0n) is 9.88. The van der Waals surface area contributed by atoms with Crippen LogP contribution in [0.3, 0.4) is 0 Å². The van der Waals surface area contributed by atoms with Gasteiger partial charge in [0, 0.05) is 26.3 Å². The van der Waals surface area contributed by atoms with Gasteiger partial charge < -0.3 is 5.32 Å². The molecule has 0 fully saturated rings. The van der Waals surface area contributed by atoms with Gasteiger partial charge >= 0.3 is 0 Å². The van der Waals surface area contributed by atoms with Gasteiger partial charge in [0.2, 0.25) is 0 Å². The van der Waals surface area contributed by atoms with Crippen LogP contribution in [0.1, 0.15) is 6.42 Å². The minimum absolute atomic E-state index is 0.160. The van der Waals surface area contributed by atoms with Crippen molar-refractivity contribution in [3.63, 3.8) is 0 Å². The summed E-state index contributed by atoms with van der Waals surface area (Å²) in [5.74, 6) is 0. The van der Waals surface area contributed by atoms with Crippen molar-refractivity contribution in [3.8, 4) is 0 Å². The predicted molar refractivity (Wildman–Crippen MR) is 67.6 cm³/mol. The van der Waals surface area contributed by atoms with E-state index in [0.717, 1.165) is 13.0 Å². The number of halogens is 1. The average Bonchev–Trinajstić information content (AvgIpc) is 2.87. The fraction of sp³-hybridized carbons (Fsp3) is 0.400. The summed E-state index contributed by atoms with van der Waals surface area (Å²) in [5, 5.41) is 14.7. The van der Waals surface area contributed by atoms with Crippen molar-refractivity contribution in [1.82, 2.24) is 24.8 Å². The average molecular weight is 269 g/mol. The van der Waals surface area contributed by atoms with E-state index in [2.05, 4.69) is 20.7 Å². The summed E-state index contributed by atoms with van der Waals surface area (Å²) in [7, 11) is 1.56. The smallest absolute Gasteiger partial charge is 0.287 e. The third-order valence-corrected chi connectivity index (χ3v) is 2.79. The van der Waals surface area contributed by atoms with Gasteiger partial charge in [0.15, 0.2) is 0 Å². The Kier molecular flexibility index (Phi) is 3.93. The van der Waals surface area contributed by atoms with E-state index in [4.69, 9.17) is 11.6 Å². The second-order valence-electron chi connectivity index (χ2n) is 3.75. The molecule has 96 valence electrons. The first-order valence-corrected chi connectivity index (χ1v) is 5.86. The summed E-state index contributed by atoms with van der Waals surface area (Å²) < 4.78 is 2.94. The lowest BCUT2D eigenvalue weighted by molar-refractivity contribution is 0.569. The van der Waals surface area contributed by atoms with Crippen LogP contribution in [0.25, 0.3) is 0 Å². The van der Waals surface area contributed by atoms with E-state index in [1.165, 1.54) is 4.68 Å². The molecule has 0 amide bonds. The predicted octanol–water partition coefficient (Wildman–Crippen LogP) is 0.527. The highest BCUT2D eigenvalue weighted by molar-refractivity contribution is 6.32. The Labute approximate surface area is 108 Å². The minimum atomic E-state index is -0.307. The van der Waals surface area contributed by atoms with Crippen molar-refractivity contribution in [2.24, 2.45) is 7.05 Å². The van der Waals surface area contributed by atoms with Crippen molar-refractivity contribution >= 4 is 17.3 Å². The third kappa shape index (κ3) is 2.86. The van der Waals surface area contributed by atoms with Crippen LogP contribution < -0.4 is 10.9 Å². The topological polar surface area (TPSA) is 77.6 Å². The van der Waals surface area contributed by atoms with Gasteiger partial charge in [-0.3, -0.25) is 9.48 Å². The molecule has 1 N–H and O–H groups in total. The van der Waals surface area contributed by atoms with Crippen LogP contribution in [0, 0.1) is 0 Å². The SMILES string of the molecule is Cn1ncc(NCCCn2ccnn2)c(Cl)c1=O. The summed E-state index contributed by atoms with van der Waals surface area (Å²) >= 11 is 5.91. The number of rotatable bonds is 5. The van der Waals surface area contributed by atoms with Crippen molar-refractivity contribution < 1.29 is 0 Å². The molecule has 2 aromatic rings. The molecule has 0 aliphatic rings. The Morgan fingerprint density at radius 2 is 2.33 bits per heavy atom. The largest absolute Gasteiger partial charge is 0.382 e. The van der Waals surface area contributed by atoms with Crippen molar-refractivity contribution in [1.29, 1.82) is 0 Å². The van der Waals surface area contributed by atoms with Crippen LogP contribution in [0.2, 0.25) is 5.02 Å². The van der Waals surface area contributed by atoms with Gasteiger partial charge in [-0.05, 0) is 6.42 Å². The molecule has 2 aromatic heterocycles. The zero-order valence-corrected chi connectivity index (χ0v) is 10.6. The molecule has 2 rings (SSSR count). The van der Waals surface area contributed by atoms with E-state index >= 15 is 0 Å². The molecule has 18 heavy (non-hydrogen) atoms. The quantitative estimate of drug-likeness (QED) is 0.801. The standard InChI is InChI=1S/C10H13ClN6O/c1-16-10(18)9(11)8(7-14-16)12-3-2-5-17-6-4-13-15-17/h4,6-7,12H,2-3,5H2,1H3. The maximum absolute atomic E-state index is 11.5. The first-order chi connectivity index (χ1) is 8.68. The van der Waals surface area contributed by atoms with E-state index in [1.807, 2.05) is 0 Å². The number of aromatic nitrogens is 5. The summed E-state index contributed by atoms with van der Waals surface area (Å²) in [4.78, 5) is 11.5. The Bertz CT molecular complexity index is 564. The highest BCUT2D eigenvalue weighted by Gasteiger charge is 2.06. The molecular formula is C10H13ClN6O. The summed E-state index contributed by atoms with van der Waals surface area (Å²) in [6.07, 6.45) is 5.82. The summed E-state index contributed by atoms with van der Waals surface area (Å²) in [6.45, 7) is 1.43. The second kappa shape index (κ2) is 5.63. The van der Waals surface area contributed by atoms with E-state index in [0.29, 0.717) is 12.2 Å². The van der Waals surface area contributed by atoms with Gasteiger partial charge in [0.05, 0.1) is 18.1 Å². The van der Waals surface area contributed by atoms with Crippen LogP contribution in [0.5, 0.6) is 0 Å². The van der Waals surface area contributed by atoms with Gasteiger partial charge in [-0.15, -0.1) is 5.10 Å². The van der Waals surface area contributed by atoms with Crippen LogP contribution in [0.15, 0.2) is 23.4 Å². The van der Waals surface area contributed by atoms with Crippen LogP contribution in [-0.4, -0.2) is 31.3 Å². The number of anilines is 1. The maximum atomic E-state index is 11.5. The molecular weight excluding hydrogens is 256 g/mol. The second-order valence-corrected chi connectivity index (χ2v) is 4.13. The molecule has 0 aliphatic carbocycles. The van der Waals surface area contributed by atoms with E-state index in [-0.39, 0.29) is 10.6 Å². The molecule has 0 atom stereocenters. The Balaban J connectivity index is 1.87. The first kappa shape index (κ1) is 12.6. The van der Waals surface area contributed by atoms with Gasteiger partial charge in [-0.1, -0.05) is 16.8 Å². The van der Waals surface area contributed by atoms with Crippen molar-refractivity contribution in [3.05, 3.63) is 34.0 Å². The van der Waals surface area contributed by atoms with E-state index in [9.17, 15) is 4.79 Å². The molecule has 8 heteroatoms. The van der Waals surface area contributed by atoms with Gasteiger partial charge in [0.25, 0.3) is 5.56 Å². The van der Waals surface area contributed by atoms with Crippen molar-refractivity contribution in [2.45, 2.75) is 13.0 Å². The maximum Gasteiger partial charge on any atom is 0.287 e. The Morgan fingerprint density at radius 1 is 1.50 bits per heavy atom. The zero-order chi connectivity index (χ0) is 13.0. The highest BCUT2D eigenvalue weighted by atomic mass is 35.5. The lowest BCUT2D eigenvalue weighted by Gasteiger charge is -2.08. The molecule has 0 aliphatic heterocycles. The fourth-order valence-electron chi connectivity index (χ4n) is 1.45. The van der Waals surface area contributed by atoms with E-state index < -0.39 is 0 Å². The number of hydrogen-bond acceptors (Lipinski definition) is 5. The summed E-state index contributed by atoms with van der Waals surface area (Å²) in [5.41, 5.74) is 0.247. The highest BCUT2D eigenvalue weighted by Crippen LogP contribution is 2.14. The van der Waals surface area contributed by atoms with Gasteiger partial charge in [-0.2, -0.15) is 5.10 Å². The lowest BCUT2D eigenvalue weighted by Crippen LogP contribution is -2.21. The third-order valence-electron chi connectivity index (χ3n) is 2.43. The Hall–Kier alpha value is -1.89. The first-order valence-electron chi connectivity index (χ1n) is 5.48. The lowest BCUT2D eigenvalue weighted by atomic mass is 10.4. The van der Waals surface area contributed by atoms with Crippen molar-refractivity contribution in [2.75, 3.05) is 11.9 Å². The molecule has 0 aromatic carbocycles. The normalized spacial score (nSPS) is 10.6. The monoisotopic (exact) mass is 268 g/mol. The number of hydrogen-bond donors (Lipinski definition) is 1. The molecule has 0 saturated carbocycles. The molecule has 2 heterocycles. The van der Waals surface area contributed by atoms with Crippen LogP contribution in [0.4, 0.5) is 5.69 Å². The number of nitrogens with one attached hydrogen (secondary N) is 1. The van der Waals surface area contributed by atoms with Gasteiger partial charge in [-0.25, -0.2) is 4.68 Å². The minimum Gasteiger partial charge on any atom is -0.382 e. The molecule has 0 spiro atoms. The number of aryl methyl sites for hydroxylation is 2. The van der Waals surface area contributed by atoms with Crippen LogP contribution in [-0.2, 0) is 13.6 Å². The van der Waals surface area contributed by atoms with E-state index in [1.54, 1.807) is 30.3 Å². The molecule has 0 bridgehead atoms. The molecule has 0 unspecified atom stereocenters. The molecule has 0 radical (unpaired) electrons. The molecule has 0 saturated heterocycles.